The third-order valence-corrected chi connectivity index (χ3v) is 6.98. The molecule has 0 spiro atoms. The lowest BCUT2D eigenvalue weighted by molar-refractivity contribution is -0.141. The van der Waals surface area contributed by atoms with Gasteiger partial charge < -0.3 is 9.80 Å². The van der Waals surface area contributed by atoms with Crippen molar-refractivity contribution in [3.63, 3.8) is 0 Å². The van der Waals surface area contributed by atoms with Gasteiger partial charge in [-0.15, -0.1) is 22.9 Å². The van der Waals surface area contributed by atoms with E-state index in [1.165, 1.54) is 16.0 Å². The van der Waals surface area contributed by atoms with Gasteiger partial charge in [0.05, 0.1) is 12.6 Å². The van der Waals surface area contributed by atoms with Crippen molar-refractivity contribution in [2.45, 2.75) is 52.5 Å². The van der Waals surface area contributed by atoms with Gasteiger partial charge in [0.2, 0.25) is 11.8 Å². The van der Waals surface area contributed by atoms with Crippen LogP contribution in [-0.2, 0) is 21.4 Å². The van der Waals surface area contributed by atoms with Crippen LogP contribution in [0.1, 0.15) is 62.2 Å². The van der Waals surface area contributed by atoms with Crippen LogP contribution in [0.5, 0.6) is 0 Å². The first kappa shape index (κ1) is 23.8. The first-order valence-corrected chi connectivity index (χ1v) is 12.3. The van der Waals surface area contributed by atoms with Crippen molar-refractivity contribution in [2.75, 3.05) is 25.5 Å². The number of hydrogen-bond acceptors (Lipinski definition) is 3. The number of fused-ring (bicyclic) bond motifs is 1. The van der Waals surface area contributed by atoms with Gasteiger partial charge in [0, 0.05) is 18.0 Å². The molecule has 0 fully saturated rings. The fraction of sp³-hybridized carbons (Fsp3) is 0.520. The van der Waals surface area contributed by atoms with Crippen molar-refractivity contribution in [1.29, 1.82) is 0 Å². The lowest BCUT2D eigenvalue weighted by Crippen LogP contribution is -2.47. The molecule has 3 rings (SSSR count). The number of carbonyl (C=O) groups is 2. The Bertz CT molecular complexity index is 914. The van der Waals surface area contributed by atoms with Crippen molar-refractivity contribution in [3.05, 3.63) is 57.3 Å². The molecule has 168 valence electrons. The number of carbonyl (C=O) groups excluding carboxylic acids is 2. The standard InChI is InChI=1S/C25H33ClN2O2S/c1-17(2)15-27(22(29)14-26)16-23(30)28-12-10-21-20(11-13-31-21)24(28)18-6-8-19(9-7-18)25(3,4)5/h6-9,11,13,17,24H,10,12,14-16H2,1-5H3. The quantitative estimate of drug-likeness (QED) is 0.553. The average Bonchev–Trinajstić information content (AvgIpc) is 3.19. The number of rotatable bonds is 6. The van der Waals surface area contributed by atoms with Crippen LogP contribution in [0.3, 0.4) is 0 Å². The zero-order valence-electron chi connectivity index (χ0n) is 19.2. The average molecular weight is 461 g/mol. The summed E-state index contributed by atoms with van der Waals surface area (Å²) >= 11 is 7.57. The molecule has 0 bridgehead atoms. The van der Waals surface area contributed by atoms with Crippen molar-refractivity contribution in [1.82, 2.24) is 9.80 Å². The van der Waals surface area contributed by atoms with E-state index in [4.69, 9.17) is 11.6 Å². The lowest BCUT2D eigenvalue weighted by atomic mass is 9.85. The summed E-state index contributed by atoms with van der Waals surface area (Å²) in [6.45, 7) is 11.9. The van der Waals surface area contributed by atoms with Crippen LogP contribution in [0, 0.1) is 5.92 Å². The molecule has 31 heavy (non-hydrogen) atoms. The topological polar surface area (TPSA) is 40.6 Å². The Morgan fingerprint density at radius 3 is 2.45 bits per heavy atom. The molecule has 2 aromatic rings. The molecular formula is C25H33ClN2O2S. The molecule has 0 radical (unpaired) electrons. The van der Waals surface area contributed by atoms with Crippen LogP contribution in [0.2, 0.25) is 0 Å². The van der Waals surface area contributed by atoms with E-state index in [1.54, 1.807) is 16.2 Å². The van der Waals surface area contributed by atoms with Crippen molar-refractivity contribution in [2.24, 2.45) is 5.92 Å². The molecule has 2 heterocycles. The molecule has 1 unspecified atom stereocenters. The molecule has 1 aromatic heterocycles. The second-order valence-electron chi connectivity index (χ2n) is 9.71. The third-order valence-electron chi connectivity index (χ3n) is 5.76. The summed E-state index contributed by atoms with van der Waals surface area (Å²) in [6, 6.07) is 10.6. The van der Waals surface area contributed by atoms with E-state index in [2.05, 4.69) is 56.5 Å². The third kappa shape index (κ3) is 5.50. The van der Waals surface area contributed by atoms with E-state index < -0.39 is 0 Å². The summed E-state index contributed by atoms with van der Waals surface area (Å²) in [6.07, 6.45) is 0.850. The Labute approximate surface area is 195 Å². The molecule has 1 aromatic carbocycles. The van der Waals surface area contributed by atoms with Gasteiger partial charge in [-0.1, -0.05) is 58.9 Å². The number of nitrogens with zero attached hydrogens (tertiary/aromatic N) is 2. The van der Waals surface area contributed by atoms with Crippen LogP contribution in [-0.4, -0.2) is 47.1 Å². The van der Waals surface area contributed by atoms with Crippen LogP contribution in [0.25, 0.3) is 0 Å². The number of benzene rings is 1. The highest BCUT2D eigenvalue weighted by Gasteiger charge is 2.34. The van der Waals surface area contributed by atoms with E-state index >= 15 is 0 Å². The van der Waals surface area contributed by atoms with E-state index in [0.29, 0.717) is 13.1 Å². The summed E-state index contributed by atoms with van der Waals surface area (Å²) < 4.78 is 0. The molecule has 1 aliphatic rings. The minimum atomic E-state index is -0.192. The predicted octanol–water partition coefficient (Wildman–Crippen LogP) is 5.24. The Balaban J connectivity index is 1.91. The lowest BCUT2D eigenvalue weighted by Gasteiger charge is -2.38. The molecule has 1 atom stereocenters. The maximum absolute atomic E-state index is 13.4. The largest absolute Gasteiger partial charge is 0.332 e. The summed E-state index contributed by atoms with van der Waals surface area (Å²) in [5, 5.41) is 2.11. The highest BCUT2D eigenvalue weighted by molar-refractivity contribution is 7.10. The number of thiophene rings is 1. The maximum Gasteiger partial charge on any atom is 0.242 e. The second kappa shape index (κ2) is 9.74. The van der Waals surface area contributed by atoms with Crippen LogP contribution in [0.15, 0.2) is 35.7 Å². The van der Waals surface area contributed by atoms with Gasteiger partial charge in [0.15, 0.2) is 0 Å². The summed E-state index contributed by atoms with van der Waals surface area (Å²) in [7, 11) is 0. The maximum atomic E-state index is 13.4. The van der Waals surface area contributed by atoms with E-state index in [0.717, 1.165) is 12.0 Å². The fourth-order valence-corrected chi connectivity index (χ4v) is 5.22. The van der Waals surface area contributed by atoms with Crippen LogP contribution in [0.4, 0.5) is 0 Å². The van der Waals surface area contributed by atoms with Gasteiger partial charge in [-0.25, -0.2) is 0 Å². The fourth-order valence-electron chi connectivity index (χ4n) is 4.14. The Kier molecular flexibility index (Phi) is 7.48. The van der Waals surface area contributed by atoms with Gasteiger partial charge in [-0.05, 0) is 45.9 Å². The zero-order chi connectivity index (χ0) is 22.8. The number of hydrogen-bond donors (Lipinski definition) is 0. The molecule has 4 nitrogen and oxygen atoms in total. The highest BCUT2D eigenvalue weighted by atomic mass is 35.5. The highest BCUT2D eigenvalue weighted by Crippen LogP contribution is 2.38. The summed E-state index contributed by atoms with van der Waals surface area (Å²) in [4.78, 5) is 30.7. The molecule has 0 saturated carbocycles. The summed E-state index contributed by atoms with van der Waals surface area (Å²) in [5.74, 6) is -0.0544. The first-order chi connectivity index (χ1) is 14.6. The molecule has 0 saturated heterocycles. The molecule has 2 amide bonds. The Morgan fingerprint density at radius 1 is 1.19 bits per heavy atom. The minimum absolute atomic E-state index is 0.0270. The SMILES string of the molecule is CC(C)CN(CC(=O)N1CCc2sccc2C1c1ccc(C(C)(C)C)cc1)C(=O)CCl. The molecule has 0 aliphatic carbocycles. The molecule has 6 heteroatoms. The van der Waals surface area contributed by atoms with Gasteiger partial charge in [-0.2, -0.15) is 0 Å². The Morgan fingerprint density at radius 2 is 1.87 bits per heavy atom. The van der Waals surface area contributed by atoms with Gasteiger partial charge in [0.1, 0.15) is 5.88 Å². The van der Waals surface area contributed by atoms with Gasteiger partial charge >= 0.3 is 0 Å². The normalized spacial score (nSPS) is 16.4. The van der Waals surface area contributed by atoms with E-state index in [9.17, 15) is 9.59 Å². The van der Waals surface area contributed by atoms with Gasteiger partial charge in [0.25, 0.3) is 0 Å². The predicted molar refractivity (Wildman–Crippen MR) is 129 cm³/mol. The van der Waals surface area contributed by atoms with E-state index in [-0.39, 0.29) is 41.6 Å². The van der Waals surface area contributed by atoms with Crippen molar-refractivity contribution >= 4 is 34.8 Å². The van der Waals surface area contributed by atoms with Crippen molar-refractivity contribution < 1.29 is 9.59 Å². The minimum Gasteiger partial charge on any atom is -0.332 e. The summed E-state index contributed by atoms with van der Waals surface area (Å²) in [5.41, 5.74) is 3.66. The molecule has 0 N–H and O–H groups in total. The van der Waals surface area contributed by atoms with Crippen LogP contribution < -0.4 is 0 Å². The number of amides is 2. The molecular weight excluding hydrogens is 428 g/mol. The van der Waals surface area contributed by atoms with Crippen molar-refractivity contribution in [3.8, 4) is 0 Å². The number of halogens is 1. The van der Waals surface area contributed by atoms with Crippen LogP contribution >= 0.6 is 22.9 Å². The van der Waals surface area contributed by atoms with Gasteiger partial charge in [-0.3, -0.25) is 9.59 Å². The first-order valence-electron chi connectivity index (χ1n) is 10.9. The Hall–Kier alpha value is -1.85. The second-order valence-corrected chi connectivity index (χ2v) is 11.0. The number of alkyl halides is 1. The van der Waals surface area contributed by atoms with E-state index in [1.807, 2.05) is 18.7 Å². The monoisotopic (exact) mass is 460 g/mol. The molecule has 1 aliphatic heterocycles. The zero-order valence-corrected chi connectivity index (χ0v) is 20.7. The smallest absolute Gasteiger partial charge is 0.242 e.